The maximum absolute atomic E-state index is 4.00. The van der Waals surface area contributed by atoms with Gasteiger partial charge >= 0.3 is 0 Å². The van der Waals surface area contributed by atoms with Crippen LogP contribution < -0.4 is 0 Å². The van der Waals surface area contributed by atoms with Crippen molar-refractivity contribution in [3.8, 4) is 12.8 Å². The van der Waals surface area contributed by atoms with E-state index in [0.717, 1.165) is 0 Å². The molecule has 0 aliphatic rings. The molecule has 0 spiro atoms. The third-order valence-electron chi connectivity index (χ3n) is 0.167. The lowest BCUT2D eigenvalue weighted by Crippen LogP contribution is -1.21. The summed E-state index contributed by atoms with van der Waals surface area (Å²) in [5.74, 6) is 0. The number of hydrogen-bond acceptors (Lipinski definition) is 0. The molecule has 0 bridgehead atoms. The second-order valence-electron chi connectivity index (χ2n) is 0.471. The Morgan fingerprint density at radius 3 is 1.12 bits per heavy atom. The van der Waals surface area contributed by atoms with E-state index in [-0.39, 0.29) is 0 Å². The van der Waals surface area contributed by atoms with E-state index in [9.17, 15) is 0 Å². The van der Waals surface area contributed by atoms with E-state index in [1.807, 2.05) is 13.8 Å². The minimum absolute atomic E-state index is 1.64. The molecule has 0 aromatic rings. The molecule has 0 aliphatic carbocycles. The van der Waals surface area contributed by atoms with Crippen LogP contribution >= 0.6 is 0 Å². The van der Waals surface area contributed by atoms with Gasteiger partial charge in [0.05, 0.1) is 0 Å². The van der Waals surface area contributed by atoms with Gasteiger partial charge in [0.2, 0.25) is 0 Å². The van der Waals surface area contributed by atoms with Gasteiger partial charge in [0.1, 0.15) is 0 Å². The molecule has 0 unspecified atom stereocenters. The molecule has 0 amide bonds. The van der Waals surface area contributed by atoms with Crippen LogP contribution in [0.1, 0.15) is 13.8 Å². The first-order valence-electron chi connectivity index (χ1n) is 2.48. The molecule has 0 saturated carbocycles. The first kappa shape index (κ1) is 15.7. The van der Waals surface area contributed by atoms with Crippen LogP contribution in [0.5, 0.6) is 0 Å². The lowest BCUT2D eigenvalue weighted by molar-refractivity contribution is 1.50. The fourth-order valence-corrected chi connectivity index (χ4v) is 0. The Kier molecular flexibility index (Phi) is 279. The van der Waals surface area contributed by atoms with Crippen molar-refractivity contribution in [1.29, 1.82) is 0 Å². The summed E-state index contributed by atoms with van der Waals surface area (Å²) in [7, 11) is 0. The quantitative estimate of drug-likeness (QED) is 0.359. The van der Waals surface area contributed by atoms with E-state index in [2.05, 4.69) is 26.0 Å². The van der Waals surface area contributed by atoms with Crippen LogP contribution in [0.2, 0.25) is 0 Å². The Balaban J connectivity index is -0.0000000542. The highest BCUT2D eigenvalue weighted by molar-refractivity contribution is 4.88. The van der Waals surface area contributed by atoms with Gasteiger partial charge in [-0.3, -0.25) is 0 Å². The molecule has 0 nitrogen and oxygen atoms in total. The van der Waals surface area contributed by atoms with Gasteiger partial charge in [-0.2, -0.15) is 0 Å². The Labute approximate surface area is 52.9 Å². The monoisotopic (exact) mass is 110 g/mol. The highest BCUT2D eigenvalue weighted by Crippen LogP contribution is 1.52. The predicted molar refractivity (Wildman–Crippen MR) is 41.6 cm³/mol. The van der Waals surface area contributed by atoms with Gasteiger partial charge in [-0.25, -0.2) is 0 Å². The maximum atomic E-state index is 4.00. The molecule has 0 heterocycles. The van der Waals surface area contributed by atoms with Crippen molar-refractivity contribution in [2.75, 3.05) is 0 Å². The molecule has 0 saturated heterocycles. The topological polar surface area (TPSA) is 0 Å². The normalized spacial score (nSPS) is 3.50. The average molecular weight is 110 g/mol. The summed E-state index contributed by atoms with van der Waals surface area (Å²) in [6.07, 6.45) is 11.3. The van der Waals surface area contributed by atoms with E-state index in [1.54, 1.807) is 12.2 Å². The molecular formula is C8H14. The van der Waals surface area contributed by atoms with Crippen molar-refractivity contribution < 1.29 is 0 Å². The van der Waals surface area contributed by atoms with Crippen LogP contribution in [0.3, 0.4) is 0 Å². The molecule has 0 atom stereocenters. The van der Waals surface area contributed by atoms with Crippen LogP contribution in [0.15, 0.2) is 25.3 Å². The lowest BCUT2D eigenvalue weighted by atomic mass is 10.6. The third kappa shape index (κ3) is 51400. The summed E-state index contributed by atoms with van der Waals surface area (Å²) in [6.45, 7) is 10.7. The summed E-state index contributed by atoms with van der Waals surface area (Å²) in [5, 5.41) is 0. The number of rotatable bonds is 1. The Bertz CT molecular complexity index is 42.3. The highest BCUT2D eigenvalue weighted by Gasteiger charge is 1.29. The molecular weight excluding hydrogens is 96.1 g/mol. The van der Waals surface area contributed by atoms with Crippen LogP contribution in [0.25, 0.3) is 0 Å². The zero-order chi connectivity index (χ0) is 7.41. The Morgan fingerprint density at radius 1 is 1.00 bits per heavy atom. The largest absolute Gasteiger partial charge is 0.124 e. The summed E-state index contributed by atoms with van der Waals surface area (Å²) in [6, 6.07) is 0. The maximum Gasteiger partial charge on any atom is -0.0683 e. The number of terminal acetylenes is 1. The van der Waals surface area contributed by atoms with Gasteiger partial charge in [-0.05, 0) is 0 Å². The van der Waals surface area contributed by atoms with E-state index in [1.165, 1.54) is 0 Å². The molecule has 0 radical (unpaired) electrons. The Morgan fingerprint density at radius 2 is 1.12 bits per heavy atom. The molecule has 0 aromatic carbocycles. The minimum atomic E-state index is 1.64. The van der Waals surface area contributed by atoms with Gasteiger partial charge < -0.3 is 0 Å². The minimum Gasteiger partial charge on any atom is -0.124 e. The van der Waals surface area contributed by atoms with Crippen LogP contribution in [-0.4, -0.2) is 0 Å². The number of hydrogen-bond donors (Lipinski definition) is 0. The summed E-state index contributed by atoms with van der Waals surface area (Å²) < 4.78 is 0. The zero-order valence-corrected chi connectivity index (χ0v) is 5.72. The zero-order valence-electron chi connectivity index (χ0n) is 5.72. The van der Waals surface area contributed by atoms with Gasteiger partial charge in [0.25, 0.3) is 0 Å². The van der Waals surface area contributed by atoms with E-state index < -0.39 is 0 Å². The van der Waals surface area contributed by atoms with Crippen molar-refractivity contribution in [2.24, 2.45) is 0 Å². The Hall–Kier alpha value is -0.960. The van der Waals surface area contributed by atoms with Crippen LogP contribution in [-0.2, 0) is 0 Å². The molecule has 0 aliphatic heterocycles. The summed E-state index contributed by atoms with van der Waals surface area (Å²) in [4.78, 5) is 0. The van der Waals surface area contributed by atoms with Crippen molar-refractivity contribution in [2.45, 2.75) is 13.8 Å². The third-order valence-corrected chi connectivity index (χ3v) is 0.167. The van der Waals surface area contributed by atoms with Crippen molar-refractivity contribution >= 4 is 0 Å². The van der Waals surface area contributed by atoms with E-state index in [0.29, 0.717) is 0 Å². The van der Waals surface area contributed by atoms with Crippen LogP contribution in [0, 0.1) is 12.8 Å². The molecule has 0 N–H and O–H groups in total. The smallest absolute Gasteiger partial charge is 0.0683 e. The summed E-state index contributed by atoms with van der Waals surface area (Å²) in [5.41, 5.74) is 0. The van der Waals surface area contributed by atoms with Crippen LogP contribution in [0.4, 0.5) is 0 Å². The molecule has 8 heavy (non-hydrogen) atoms. The SMILES string of the molecule is C#C.C=CC=C.CC. The molecule has 46 valence electrons. The molecule has 0 fully saturated rings. The van der Waals surface area contributed by atoms with Gasteiger partial charge in [-0.1, -0.05) is 39.2 Å². The van der Waals surface area contributed by atoms with E-state index in [4.69, 9.17) is 0 Å². The first-order valence-corrected chi connectivity index (χ1v) is 2.48. The summed E-state index contributed by atoms with van der Waals surface area (Å²) >= 11 is 0. The molecule has 0 aromatic heterocycles. The van der Waals surface area contributed by atoms with Crippen molar-refractivity contribution in [1.82, 2.24) is 0 Å². The molecule has 0 heteroatoms. The highest BCUT2D eigenvalue weighted by atomic mass is 13.4. The van der Waals surface area contributed by atoms with E-state index >= 15 is 0 Å². The average Bonchev–Trinajstić information content (AvgIpc) is 1.96. The van der Waals surface area contributed by atoms with Gasteiger partial charge in [-0.15, -0.1) is 12.8 Å². The predicted octanol–water partition coefficient (Wildman–Crippen LogP) is 2.63. The lowest BCUT2D eigenvalue weighted by Gasteiger charge is -1.44. The van der Waals surface area contributed by atoms with Gasteiger partial charge in [0, 0.05) is 0 Å². The second-order valence-corrected chi connectivity index (χ2v) is 0.471. The fourth-order valence-electron chi connectivity index (χ4n) is 0. The van der Waals surface area contributed by atoms with Gasteiger partial charge in [0.15, 0.2) is 0 Å². The standard InChI is InChI=1S/C4H6.C2H6.C2H2/c1-3-4-2;2*1-2/h3-4H,1-2H2;1-2H3;1-2H. The first-order chi connectivity index (χ1) is 3.91. The fraction of sp³-hybridized carbons (Fsp3) is 0.250. The molecule has 0 rings (SSSR count). The van der Waals surface area contributed by atoms with Crippen molar-refractivity contribution in [3.63, 3.8) is 0 Å². The number of allylic oxidation sites excluding steroid dienone is 2. The second kappa shape index (κ2) is 142. The van der Waals surface area contributed by atoms with Crippen molar-refractivity contribution in [3.05, 3.63) is 25.3 Å².